The number of halogens is 1. The SMILES string of the molecule is CC(O)C(C)(C)NC(=O)C1=Cc2cc(Br)ccc2OC1. The summed E-state index contributed by atoms with van der Waals surface area (Å²) in [6.07, 6.45) is 1.18. The van der Waals surface area contributed by atoms with Gasteiger partial charge in [0.1, 0.15) is 12.4 Å². The molecule has 0 spiro atoms. The lowest BCUT2D eigenvalue weighted by Crippen LogP contribution is -2.51. The fourth-order valence-electron chi connectivity index (χ4n) is 1.76. The van der Waals surface area contributed by atoms with Crippen LogP contribution in [0, 0.1) is 0 Å². The van der Waals surface area contributed by atoms with Gasteiger partial charge in [0.05, 0.1) is 17.2 Å². The van der Waals surface area contributed by atoms with Crippen molar-refractivity contribution in [3.05, 3.63) is 33.8 Å². The topological polar surface area (TPSA) is 58.6 Å². The van der Waals surface area contributed by atoms with Crippen molar-refractivity contribution in [2.45, 2.75) is 32.4 Å². The van der Waals surface area contributed by atoms with E-state index in [4.69, 9.17) is 4.74 Å². The highest BCUT2D eigenvalue weighted by molar-refractivity contribution is 9.10. The van der Waals surface area contributed by atoms with Gasteiger partial charge in [-0.2, -0.15) is 0 Å². The van der Waals surface area contributed by atoms with Crippen molar-refractivity contribution in [2.75, 3.05) is 6.61 Å². The second kappa shape index (κ2) is 5.58. The van der Waals surface area contributed by atoms with Gasteiger partial charge < -0.3 is 15.2 Å². The second-order valence-electron chi connectivity index (χ2n) is 5.49. The Balaban J connectivity index is 2.20. The van der Waals surface area contributed by atoms with Gasteiger partial charge in [-0.25, -0.2) is 0 Å². The summed E-state index contributed by atoms with van der Waals surface area (Å²) in [6, 6.07) is 5.67. The molecule has 1 aliphatic rings. The number of ether oxygens (including phenoxy) is 1. The number of fused-ring (bicyclic) bond motifs is 1. The van der Waals surface area contributed by atoms with E-state index in [-0.39, 0.29) is 12.5 Å². The lowest BCUT2D eigenvalue weighted by Gasteiger charge is -2.30. The van der Waals surface area contributed by atoms with Gasteiger partial charge in [-0.15, -0.1) is 0 Å². The van der Waals surface area contributed by atoms with E-state index in [9.17, 15) is 9.90 Å². The monoisotopic (exact) mass is 339 g/mol. The summed E-state index contributed by atoms with van der Waals surface area (Å²) in [7, 11) is 0. The predicted octanol–water partition coefficient (Wildman–Crippen LogP) is 2.50. The molecule has 2 N–H and O–H groups in total. The Morgan fingerprint density at radius 3 is 2.85 bits per heavy atom. The van der Waals surface area contributed by atoms with Crippen LogP contribution >= 0.6 is 15.9 Å². The highest BCUT2D eigenvalue weighted by Crippen LogP contribution is 2.29. The number of amides is 1. The molecule has 0 saturated heterocycles. The third-order valence-electron chi connectivity index (χ3n) is 3.46. The molecule has 1 aromatic carbocycles. The molecular formula is C15H18BrNO3. The van der Waals surface area contributed by atoms with E-state index in [1.165, 1.54) is 0 Å². The molecular weight excluding hydrogens is 322 g/mol. The average molecular weight is 340 g/mol. The third kappa shape index (κ3) is 3.22. The predicted molar refractivity (Wildman–Crippen MR) is 81.5 cm³/mol. The Bertz CT molecular complexity index is 564. The summed E-state index contributed by atoms with van der Waals surface area (Å²) >= 11 is 3.40. The first-order valence-corrected chi connectivity index (χ1v) is 7.22. The normalized spacial score (nSPS) is 15.8. The molecule has 1 aliphatic heterocycles. The molecule has 0 aromatic heterocycles. The lowest BCUT2D eigenvalue weighted by atomic mass is 9.97. The Kier molecular flexibility index (Phi) is 4.20. The first kappa shape index (κ1) is 15.1. The van der Waals surface area contributed by atoms with Crippen molar-refractivity contribution in [1.82, 2.24) is 5.32 Å². The number of nitrogens with one attached hydrogen (secondary N) is 1. The molecule has 0 fully saturated rings. The molecule has 20 heavy (non-hydrogen) atoms. The second-order valence-corrected chi connectivity index (χ2v) is 6.41. The zero-order valence-electron chi connectivity index (χ0n) is 11.7. The smallest absolute Gasteiger partial charge is 0.251 e. The van der Waals surface area contributed by atoms with Crippen LogP contribution in [0.1, 0.15) is 26.3 Å². The van der Waals surface area contributed by atoms with Crippen LogP contribution in [-0.2, 0) is 4.79 Å². The Morgan fingerprint density at radius 2 is 2.20 bits per heavy atom. The molecule has 1 heterocycles. The van der Waals surface area contributed by atoms with Crippen molar-refractivity contribution in [1.29, 1.82) is 0 Å². The Hall–Kier alpha value is -1.33. The van der Waals surface area contributed by atoms with E-state index in [0.29, 0.717) is 5.57 Å². The van der Waals surface area contributed by atoms with Gasteiger partial charge in [0, 0.05) is 10.0 Å². The fourth-order valence-corrected chi connectivity index (χ4v) is 2.14. The number of hydrogen-bond donors (Lipinski definition) is 2. The number of carbonyl (C=O) groups is 1. The van der Waals surface area contributed by atoms with Gasteiger partial charge in [0.2, 0.25) is 0 Å². The van der Waals surface area contributed by atoms with Gasteiger partial charge in [-0.05, 0) is 45.0 Å². The minimum atomic E-state index is -0.685. The average Bonchev–Trinajstić information content (AvgIpc) is 2.37. The summed E-state index contributed by atoms with van der Waals surface area (Å²) in [5.41, 5.74) is 0.727. The van der Waals surface area contributed by atoms with Crippen molar-refractivity contribution in [3.8, 4) is 5.75 Å². The van der Waals surface area contributed by atoms with Crippen molar-refractivity contribution < 1.29 is 14.6 Å². The third-order valence-corrected chi connectivity index (χ3v) is 3.95. The number of hydrogen-bond acceptors (Lipinski definition) is 3. The van der Waals surface area contributed by atoms with E-state index < -0.39 is 11.6 Å². The van der Waals surface area contributed by atoms with Crippen LogP contribution < -0.4 is 10.1 Å². The minimum absolute atomic E-state index is 0.221. The maximum absolute atomic E-state index is 12.2. The largest absolute Gasteiger partial charge is 0.488 e. The van der Waals surface area contributed by atoms with Crippen LogP contribution in [0.3, 0.4) is 0 Å². The molecule has 1 unspecified atom stereocenters. The molecule has 1 atom stereocenters. The highest BCUT2D eigenvalue weighted by Gasteiger charge is 2.28. The quantitative estimate of drug-likeness (QED) is 0.889. The van der Waals surface area contributed by atoms with Crippen molar-refractivity contribution in [2.24, 2.45) is 0 Å². The molecule has 0 radical (unpaired) electrons. The number of aliphatic hydroxyl groups is 1. The molecule has 108 valence electrons. The van der Waals surface area contributed by atoms with Crippen molar-refractivity contribution in [3.63, 3.8) is 0 Å². The maximum Gasteiger partial charge on any atom is 0.251 e. The maximum atomic E-state index is 12.2. The molecule has 0 aliphatic carbocycles. The number of aliphatic hydroxyl groups excluding tert-OH is 1. The molecule has 2 rings (SSSR count). The molecule has 5 heteroatoms. The molecule has 0 bridgehead atoms. The zero-order chi connectivity index (χ0) is 14.9. The van der Waals surface area contributed by atoms with Crippen LogP contribution in [0.4, 0.5) is 0 Å². The summed E-state index contributed by atoms with van der Waals surface area (Å²) in [4.78, 5) is 12.2. The summed E-state index contributed by atoms with van der Waals surface area (Å²) in [5, 5.41) is 12.5. The van der Waals surface area contributed by atoms with Gasteiger partial charge in [-0.3, -0.25) is 4.79 Å². The zero-order valence-corrected chi connectivity index (χ0v) is 13.3. The summed E-state index contributed by atoms with van der Waals surface area (Å²) in [6.45, 7) is 5.45. The van der Waals surface area contributed by atoms with Gasteiger partial charge in [0.25, 0.3) is 5.91 Å². The number of benzene rings is 1. The van der Waals surface area contributed by atoms with Gasteiger partial charge >= 0.3 is 0 Å². The lowest BCUT2D eigenvalue weighted by molar-refractivity contribution is -0.120. The number of carbonyl (C=O) groups excluding carboxylic acids is 1. The molecule has 1 aromatic rings. The highest BCUT2D eigenvalue weighted by atomic mass is 79.9. The first-order chi connectivity index (χ1) is 9.29. The van der Waals surface area contributed by atoms with E-state index in [1.54, 1.807) is 20.8 Å². The van der Waals surface area contributed by atoms with Gasteiger partial charge in [-0.1, -0.05) is 15.9 Å². The summed E-state index contributed by atoms with van der Waals surface area (Å²) in [5.74, 6) is 0.543. The number of rotatable bonds is 3. The van der Waals surface area contributed by atoms with Gasteiger partial charge in [0.15, 0.2) is 0 Å². The van der Waals surface area contributed by atoms with Crippen molar-refractivity contribution >= 4 is 27.9 Å². The van der Waals surface area contributed by atoms with Crippen LogP contribution in [0.2, 0.25) is 0 Å². The van der Waals surface area contributed by atoms with Crippen LogP contribution in [0.5, 0.6) is 5.75 Å². The van der Waals surface area contributed by atoms with Crippen LogP contribution in [-0.4, -0.2) is 29.3 Å². The Labute approximate surface area is 127 Å². The van der Waals surface area contributed by atoms with Crippen LogP contribution in [0.25, 0.3) is 6.08 Å². The first-order valence-electron chi connectivity index (χ1n) is 6.43. The molecule has 4 nitrogen and oxygen atoms in total. The minimum Gasteiger partial charge on any atom is -0.488 e. The fraction of sp³-hybridized carbons (Fsp3) is 0.400. The standard InChI is InChI=1S/C15H18BrNO3/c1-9(18)15(2,3)17-14(19)11-6-10-7-12(16)4-5-13(10)20-8-11/h4-7,9,18H,8H2,1-3H3,(H,17,19). The Morgan fingerprint density at radius 1 is 1.50 bits per heavy atom. The van der Waals surface area contributed by atoms with E-state index in [2.05, 4.69) is 21.2 Å². The van der Waals surface area contributed by atoms with Crippen LogP contribution in [0.15, 0.2) is 28.2 Å². The molecule has 1 amide bonds. The molecule has 0 saturated carbocycles. The van der Waals surface area contributed by atoms with E-state index in [0.717, 1.165) is 15.8 Å². The van der Waals surface area contributed by atoms with E-state index in [1.807, 2.05) is 24.3 Å². The summed E-state index contributed by atoms with van der Waals surface area (Å²) < 4.78 is 6.51. The van der Waals surface area contributed by atoms with E-state index >= 15 is 0 Å².